The molecule has 1 fully saturated rings. The summed E-state index contributed by atoms with van der Waals surface area (Å²) < 4.78 is 5.41. The number of furan rings is 1. The van der Waals surface area contributed by atoms with Crippen LogP contribution in [0.5, 0.6) is 0 Å². The number of rotatable bonds is 4. The van der Waals surface area contributed by atoms with Crippen LogP contribution in [0.2, 0.25) is 0 Å². The Morgan fingerprint density at radius 2 is 2.44 bits per heavy atom. The van der Waals surface area contributed by atoms with Crippen LogP contribution in [0.1, 0.15) is 31.9 Å². The average molecular weight is 222 g/mol. The fourth-order valence-corrected chi connectivity index (χ4v) is 2.69. The Labute approximate surface area is 97.6 Å². The maximum absolute atomic E-state index is 5.84. The minimum atomic E-state index is 0.528. The summed E-state index contributed by atoms with van der Waals surface area (Å²) in [5.74, 6) is 1.08. The summed E-state index contributed by atoms with van der Waals surface area (Å²) in [7, 11) is 0. The number of hydrogen-bond donors (Lipinski definition) is 1. The van der Waals surface area contributed by atoms with Gasteiger partial charge in [0.2, 0.25) is 0 Å². The van der Waals surface area contributed by atoms with Gasteiger partial charge in [0, 0.05) is 25.0 Å². The van der Waals surface area contributed by atoms with Crippen molar-refractivity contribution in [2.75, 3.05) is 13.1 Å². The Kier molecular flexibility index (Phi) is 4.02. The van der Waals surface area contributed by atoms with Crippen molar-refractivity contribution in [2.45, 2.75) is 44.7 Å². The molecule has 0 amide bonds. The van der Waals surface area contributed by atoms with E-state index >= 15 is 0 Å². The van der Waals surface area contributed by atoms with Gasteiger partial charge in [0.25, 0.3) is 0 Å². The second-order valence-electron chi connectivity index (χ2n) is 4.76. The second-order valence-corrected chi connectivity index (χ2v) is 4.76. The highest BCUT2D eigenvalue weighted by atomic mass is 16.3. The highest BCUT2D eigenvalue weighted by Gasteiger charge is 2.25. The molecule has 1 aromatic rings. The van der Waals surface area contributed by atoms with E-state index in [2.05, 4.69) is 17.9 Å². The lowest BCUT2D eigenvalue weighted by molar-refractivity contribution is 0.105. The number of hydrogen-bond acceptors (Lipinski definition) is 3. The average Bonchev–Trinajstić information content (AvgIpc) is 2.81. The lowest BCUT2D eigenvalue weighted by Gasteiger charge is -2.39. The van der Waals surface area contributed by atoms with E-state index in [0.29, 0.717) is 12.1 Å². The van der Waals surface area contributed by atoms with E-state index in [4.69, 9.17) is 10.2 Å². The fraction of sp³-hybridized carbons (Fsp3) is 0.692. The predicted molar refractivity (Wildman–Crippen MR) is 65.3 cm³/mol. The summed E-state index contributed by atoms with van der Waals surface area (Å²) in [4.78, 5) is 2.55. The maximum Gasteiger partial charge on any atom is 0.105 e. The maximum atomic E-state index is 5.84. The van der Waals surface area contributed by atoms with Gasteiger partial charge in [-0.15, -0.1) is 0 Å². The molecule has 90 valence electrons. The lowest BCUT2D eigenvalue weighted by atomic mass is 9.99. The topological polar surface area (TPSA) is 42.4 Å². The molecule has 1 saturated heterocycles. The fourth-order valence-electron chi connectivity index (χ4n) is 2.69. The van der Waals surface area contributed by atoms with Crippen molar-refractivity contribution in [3.63, 3.8) is 0 Å². The molecular formula is C13H22N2O. The third kappa shape index (κ3) is 2.66. The van der Waals surface area contributed by atoms with Crippen LogP contribution >= 0.6 is 0 Å². The minimum Gasteiger partial charge on any atom is -0.469 e. The van der Waals surface area contributed by atoms with E-state index in [9.17, 15) is 0 Å². The molecule has 0 saturated carbocycles. The number of piperidine rings is 1. The third-order valence-corrected chi connectivity index (χ3v) is 3.59. The van der Waals surface area contributed by atoms with E-state index in [-0.39, 0.29) is 0 Å². The molecule has 0 bridgehead atoms. The Hall–Kier alpha value is -0.800. The van der Waals surface area contributed by atoms with E-state index in [0.717, 1.165) is 18.7 Å². The van der Waals surface area contributed by atoms with Crippen molar-refractivity contribution in [3.05, 3.63) is 24.2 Å². The van der Waals surface area contributed by atoms with Crippen LogP contribution in [0.4, 0.5) is 0 Å². The Morgan fingerprint density at radius 1 is 1.56 bits per heavy atom. The zero-order chi connectivity index (χ0) is 11.4. The molecular weight excluding hydrogens is 200 g/mol. The smallest absolute Gasteiger partial charge is 0.105 e. The standard InChI is InChI=1S/C13H22N2O/c1-11(9-13-6-4-8-16-13)15-7-3-2-5-12(15)10-14/h4,6,8,11-12H,2-3,5,7,9-10,14H2,1H3. The number of nitrogens with two attached hydrogens (primary N) is 1. The van der Waals surface area contributed by atoms with Gasteiger partial charge in [-0.2, -0.15) is 0 Å². The van der Waals surface area contributed by atoms with Crippen LogP contribution in [-0.2, 0) is 6.42 Å². The van der Waals surface area contributed by atoms with Crippen molar-refractivity contribution in [1.82, 2.24) is 4.90 Å². The van der Waals surface area contributed by atoms with Crippen molar-refractivity contribution >= 4 is 0 Å². The molecule has 2 unspecified atom stereocenters. The first-order valence-corrected chi connectivity index (χ1v) is 6.29. The summed E-state index contributed by atoms with van der Waals surface area (Å²) in [5.41, 5.74) is 5.84. The molecule has 0 radical (unpaired) electrons. The van der Waals surface area contributed by atoms with Crippen LogP contribution < -0.4 is 5.73 Å². The molecule has 0 spiro atoms. The third-order valence-electron chi connectivity index (χ3n) is 3.59. The molecule has 2 rings (SSSR count). The zero-order valence-electron chi connectivity index (χ0n) is 10.1. The first kappa shape index (κ1) is 11.7. The van der Waals surface area contributed by atoms with E-state index in [1.54, 1.807) is 6.26 Å². The molecule has 1 aromatic heterocycles. The molecule has 2 N–H and O–H groups in total. The van der Waals surface area contributed by atoms with Gasteiger partial charge in [-0.05, 0) is 38.4 Å². The second kappa shape index (κ2) is 5.51. The quantitative estimate of drug-likeness (QED) is 0.847. The van der Waals surface area contributed by atoms with E-state index < -0.39 is 0 Å². The summed E-state index contributed by atoms with van der Waals surface area (Å²) in [5, 5.41) is 0. The first-order chi connectivity index (χ1) is 7.81. The van der Waals surface area contributed by atoms with Gasteiger partial charge < -0.3 is 10.2 Å². The van der Waals surface area contributed by atoms with Crippen molar-refractivity contribution in [3.8, 4) is 0 Å². The molecule has 3 nitrogen and oxygen atoms in total. The predicted octanol–water partition coefficient (Wildman–Crippen LogP) is 2.02. The molecule has 3 heteroatoms. The highest BCUT2D eigenvalue weighted by Crippen LogP contribution is 2.20. The highest BCUT2D eigenvalue weighted by molar-refractivity contribution is 5.00. The zero-order valence-corrected chi connectivity index (χ0v) is 10.1. The van der Waals surface area contributed by atoms with Crippen LogP contribution in [0.15, 0.2) is 22.8 Å². The Bertz CT molecular complexity index is 297. The molecule has 16 heavy (non-hydrogen) atoms. The molecule has 1 aliphatic heterocycles. The van der Waals surface area contributed by atoms with Gasteiger partial charge >= 0.3 is 0 Å². The van der Waals surface area contributed by atoms with Crippen LogP contribution in [-0.4, -0.2) is 30.1 Å². The molecule has 0 aliphatic carbocycles. The van der Waals surface area contributed by atoms with Gasteiger partial charge in [-0.25, -0.2) is 0 Å². The van der Waals surface area contributed by atoms with E-state index in [1.165, 1.54) is 25.8 Å². The molecule has 2 heterocycles. The minimum absolute atomic E-state index is 0.528. The molecule has 1 aliphatic rings. The summed E-state index contributed by atoms with van der Waals surface area (Å²) in [6.07, 6.45) is 6.62. The SMILES string of the molecule is CC(Cc1ccco1)N1CCCCC1CN. The summed E-state index contributed by atoms with van der Waals surface area (Å²) in [6.45, 7) is 4.24. The van der Waals surface area contributed by atoms with E-state index in [1.807, 2.05) is 6.07 Å². The van der Waals surface area contributed by atoms with Crippen LogP contribution in [0.3, 0.4) is 0 Å². The van der Waals surface area contributed by atoms with Crippen molar-refractivity contribution in [1.29, 1.82) is 0 Å². The Morgan fingerprint density at radius 3 is 3.12 bits per heavy atom. The monoisotopic (exact) mass is 222 g/mol. The van der Waals surface area contributed by atoms with Crippen LogP contribution in [0, 0.1) is 0 Å². The van der Waals surface area contributed by atoms with Crippen molar-refractivity contribution < 1.29 is 4.42 Å². The largest absolute Gasteiger partial charge is 0.469 e. The lowest BCUT2D eigenvalue weighted by Crippen LogP contribution is -2.49. The van der Waals surface area contributed by atoms with Crippen LogP contribution in [0.25, 0.3) is 0 Å². The molecule has 2 atom stereocenters. The first-order valence-electron chi connectivity index (χ1n) is 6.29. The number of nitrogens with zero attached hydrogens (tertiary/aromatic N) is 1. The molecule has 0 aromatic carbocycles. The van der Waals surface area contributed by atoms with Gasteiger partial charge in [-0.1, -0.05) is 6.42 Å². The normalized spacial score (nSPS) is 24.5. The van der Waals surface area contributed by atoms with Crippen molar-refractivity contribution in [2.24, 2.45) is 5.73 Å². The van der Waals surface area contributed by atoms with Gasteiger partial charge in [-0.3, -0.25) is 4.90 Å². The summed E-state index contributed by atoms with van der Waals surface area (Å²) >= 11 is 0. The van der Waals surface area contributed by atoms with Gasteiger partial charge in [0.15, 0.2) is 0 Å². The summed E-state index contributed by atoms with van der Waals surface area (Å²) in [6, 6.07) is 5.11. The number of likely N-dealkylation sites (tertiary alicyclic amines) is 1. The van der Waals surface area contributed by atoms with Gasteiger partial charge in [0.1, 0.15) is 5.76 Å². The Balaban J connectivity index is 1.94. The van der Waals surface area contributed by atoms with Gasteiger partial charge in [0.05, 0.1) is 6.26 Å².